The normalized spacial score (nSPS) is 10.3. The zero-order chi connectivity index (χ0) is 16.6. The van der Waals surface area contributed by atoms with Gasteiger partial charge in [-0.1, -0.05) is 12.1 Å². The van der Waals surface area contributed by atoms with Crippen LogP contribution in [0, 0.1) is 0 Å². The molecule has 0 aliphatic heterocycles. The van der Waals surface area contributed by atoms with Gasteiger partial charge in [0.2, 0.25) is 5.95 Å². The Balaban J connectivity index is 1.41. The molecule has 0 radical (unpaired) electrons. The maximum atomic E-state index is 11.7. The van der Waals surface area contributed by atoms with Crippen LogP contribution < -0.4 is 5.32 Å². The Kier molecular flexibility index (Phi) is 5.14. The van der Waals surface area contributed by atoms with Crippen molar-refractivity contribution in [3.05, 3.63) is 66.7 Å². The van der Waals surface area contributed by atoms with Gasteiger partial charge < -0.3 is 10.1 Å². The Labute approximate surface area is 139 Å². The first-order valence-corrected chi connectivity index (χ1v) is 7.57. The van der Waals surface area contributed by atoms with Gasteiger partial charge in [-0.15, -0.1) is 0 Å². The number of anilines is 1. The van der Waals surface area contributed by atoms with Crippen molar-refractivity contribution in [1.29, 1.82) is 0 Å². The van der Waals surface area contributed by atoms with E-state index in [1.54, 1.807) is 29.3 Å². The highest BCUT2D eigenvalue weighted by atomic mass is 16.5. The third-order valence-corrected chi connectivity index (χ3v) is 3.28. The van der Waals surface area contributed by atoms with Crippen LogP contribution in [0.25, 0.3) is 5.69 Å². The summed E-state index contributed by atoms with van der Waals surface area (Å²) in [5.74, 6) is 0.231. The molecule has 2 aromatic heterocycles. The van der Waals surface area contributed by atoms with E-state index in [0.717, 1.165) is 11.3 Å². The van der Waals surface area contributed by atoms with Crippen LogP contribution in [0.2, 0.25) is 0 Å². The number of benzene rings is 1. The van der Waals surface area contributed by atoms with E-state index in [-0.39, 0.29) is 19.0 Å². The van der Waals surface area contributed by atoms with Crippen LogP contribution in [-0.2, 0) is 16.1 Å². The van der Waals surface area contributed by atoms with Crippen molar-refractivity contribution in [2.75, 3.05) is 11.9 Å². The molecule has 0 unspecified atom stereocenters. The molecule has 0 aliphatic rings. The van der Waals surface area contributed by atoms with E-state index in [4.69, 9.17) is 4.74 Å². The summed E-state index contributed by atoms with van der Waals surface area (Å²) in [6.07, 6.45) is 7.13. The lowest BCUT2D eigenvalue weighted by molar-refractivity contribution is -0.144. The molecule has 0 amide bonds. The second-order valence-electron chi connectivity index (χ2n) is 5.03. The Morgan fingerprint density at radius 3 is 2.58 bits per heavy atom. The molecule has 1 N–H and O–H groups in total. The number of nitrogens with one attached hydrogen (secondary N) is 1. The molecular formula is C17H17N5O2. The lowest BCUT2D eigenvalue weighted by atomic mass is 10.2. The number of ether oxygens (including phenoxy) is 1. The smallest absolute Gasteiger partial charge is 0.307 e. The molecule has 122 valence electrons. The second kappa shape index (κ2) is 7.87. The zero-order valence-electron chi connectivity index (χ0n) is 13.0. The van der Waals surface area contributed by atoms with Gasteiger partial charge in [-0.05, 0) is 29.8 Å². The number of rotatable bonds is 7. The number of aromatic nitrogens is 4. The maximum Gasteiger partial charge on any atom is 0.307 e. The highest BCUT2D eigenvalue weighted by Gasteiger charge is 2.04. The first-order chi connectivity index (χ1) is 11.8. The van der Waals surface area contributed by atoms with Crippen molar-refractivity contribution in [3.8, 4) is 5.69 Å². The summed E-state index contributed by atoms with van der Waals surface area (Å²) < 4.78 is 7.03. The minimum absolute atomic E-state index is 0.250. The Hall–Kier alpha value is -3.22. The molecule has 0 saturated heterocycles. The van der Waals surface area contributed by atoms with Crippen molar-refractivity contribution < 1.29 is 9.53 Å². The largest absolute Gasteiger partial charge is 0.461 e. The van der Waals surface area contributed by atoms with Crippen molar-refractivity contribution >= 4 is 11.9 Å². The molecule has 0 saturated carbocycles. The van der Waals surface area contributed by atoms with Gasteiger partial charge in [-0.3, -0.25) is 4.79 Å². The van der Waals surface area contributed by atoms with Gasteiger partial charge >= 0.3 is 5.97 Å². The van der Waals surface area contributed by atoms with Crippen LogP contribution >= 0.6 is 0 Å². The molecule has 7 nitrogen and oxygen atoms in total. The summed E-state index contributed by atoms with van der Waals surface area (Å²) in [4.78, 5) is 19.8. The van der Waals surface area contributed by atoms with Gasteiger partial charge in [-0.25, -0.2) is 14.6 Å². The van der Waals surface area contributed by atoms with E-state index in [0.29, 0.717) is 12.5 Å². The minimum atomic E-state index is -0.269. The van der Waals surface area contributed by atoms with Gasteiger partial charge in [-0.2, -0.15) is 5.10 Å². The maximum absolute atomic E-state index is 11.7. The molecule has 1 aromatic carbocycles. The van der Waals surface area contributed by atoms with Crippen LogP contribution in [0.5, 0.6) is 0 Å². The molecule has 0 aliphatic carbocycles. The van der Waals surface area contributed by atoms with Crippen molar-refractivity contribution in [3.63, 3.8) is 0 Å². The highest BCUT2D eigenvalue weighted by molar-refractivity contribution is 5.70. The monoisotopic (exact) mass is 323 g/mol. The zero-order valence-corrected chi connectivity index (χ0v) is 13.0. The SMILES string of the molecule is O=C(CCNc1ncccn1)OCc1ccc(-n2cccn2)cc1. The molecule has 0 spiro atoms. The summed E-state index contributed by atoms with van der Waals surface area (Å²) in [6, 6.07) is 11.3. The summed E-state index contributed by atoms with van der Waals surface area (Å²) in [7, 11) is 0. The fourth-order valence-electron chi connectivity index (χ4n) is 2.07. The van der Waals surface area contributed by atoms with E-state index >= 15 is 0 Å². The van der Waals surface area contributed by atoms with Gasteiger partial charge in [0, 0.05) is 31.3 Å². The highest BCUT2D eigenvalue weighted by Crippen LogP contribution is 2.09. The number of nitrogens with zero attached hydrogens (tertiary/aromatic N) is 4. The summed E-state index contributed by atoms with van der Waals surface area (Å²) >= 11 is 0. The van der Waals surface area contributed by atoms with E-state index < -0.39 is 0 Å². The summed E-state index contributed by atoms with van der Waals surface area (Å²) in [6.45, 7) is 0.682. The third-order valence-electron chi connectivity index (χ3n) is 3.28. The minimum Gasteiger partial charge on any atom is -0.461 e. The number of hydrogen-bond acceptors (Lipinski definition) is 6. The molecule has 0 atom stereocenters. The molecule has 0 fully saturated rings. The van der Waals surface area contributed by atoms with Crippen LogP contribution in [-0.4, -0.2) is 32.3 Å². The number of carbonyl (C=O) groups excluding carboxylic acids is 1. The molecule has 0 bridgehead atoms. The van der Waals surface area contributed by atoms with Crippen LogP contribution in [0.15, 0.2) is 61.2 Å². The third kappa shape index (κ3) is 4.39. The summed E-state index contributed by atoms with van der Waals surface area (Å²) in [5, 5.41) is 7.13. The summed E-state index contributed by atoms with van der Waals surface area (Å²) in [5.41, 5.74) is 1.89. The standard InChI is InChI=1S/C17H17N5O2/c23-16(7-11-20-17-18-8-1-9-19-17)24-13-14-3-5-15(6-4-14)22-12-2-10-21-22/h1-6,8-10,12H,7,11,13H2,(H,18,19,20). The lowest BCUT2D eigenvalue weighted by Crippen LogP contribution is -2.12. The topological polar surface area (TPSA) is 81.9 Å². The molecule has 3 rings (SSSR count). The quantitative estimate of drug-likeness (QED) is 0.671. The number of carbonyl (C=O) groups is 1. The van der Waals surface area contributed by atoms with Crippen molar-refractivity contribution in [2.45, 2.75) is 13.0 Å². The molecular weight excluding hydrogens is 306 g/mol. The Morgan fingerprint density at radius 1 is 1.08 bits per heavy atom. The predicted octanol–water partition coefficient (Wildman–Crippen LogP) is 2.21. The second-order valence-corrected chi connectivity index (χ2v) is 5.03. The predicted molar refractivity (Wildman–Crippen MR) is 88.5 cm³/mol. The first-order valence-electron chi connectivity index (χ1n) is 7.57. The molecule has 2 heterocycles. The van der Waals surface area contributed by atoms with Crippen LogP contribution in [0.4, 0.5) is 5.95 Å². The fraction of sp³-hybridized carbons (Fsp3) is 0.176. The number of esters is 1. The fourth-order valence-corrected chi connectivity index (χ4v) is 2.07. The Bertz CT molecular complexity index is 757. The van der Waals surface area contributed by atoms with Gasteiger partial charge in [0.25, 0.3) is 0 Å². The van der Waals surface area contributed by atoms with E-state index in [2.05, 4.69) is 20.4 Å². The van der Waals surface area contributed by atoms with Crippen molar-refractivity contribution in [2.24, 2.45) is 0 Å². The van der Waals surface area contributed by atoms with Gasteiger partial charge in [0.1, 0.15) is 6.61 Å². The average molecular weight is 323 g/mol. The van der Waals surface area contributed by atoms with Gasteiger partial charge in [0.05, 0.1) is 12.1 Å². The van der Waals surface area contributed by atoms with Crippen molar-refractivity contribution in [1.82, 2.24) is 19.7 Å². The first kappa shape index (κ1) is 15.7. The van der Waals surface area contributed by atoms with E-state index in [1.807, 2.05) is 36.5 Å². The van der Waals surface area contributed by atoms with Gasteiger partial charge in [0.15, 0.2) is 0 Å². The molecule has 24 heavy (non-hydrogen) atoms. The van der Waals surface area contributed by atoms with Crippen LogP contribution in [0.3, 0.4) is 0 Å². The van der Waals surface area contributed by atoms with Crippen LogP contribution in [0.1, 0.15) is 12.0 Å². The molecule has 7 heteroatoms. The van der Waals surface area contributed by atoms with E-state index in [9.17, 15) is 4.79 Å². The number of hydrogen-bond donors (Lipinski definition) is 1. The molecule has 3 aromatic rings. The van der Waals surface area contributed by atoms with E-state index in [1.165, 1.54) is 0 Å². The average Bonchev–Trinajstić information content (AvgIpc) is 3.16. The lowest BCUT2D eigenvalue weighted by Gasteiger charge is -2.07. The Morgan fingerprint density at radius 2 is 1.88 bits per heavy atom.